The minimum Gasteiger partial charge on any atom is -0.488 e. The molecule has 0 amide bonds. The molecular formula is C18H17ClF4N2O2S. The van der Waals surface area contributed by atoms with Gasteiger partial charge < -0.3 is 4.74 Å². The zero-order valence-electron chi connectivity index (χ0n) is 15.2. The van der Waals surface area contributed by atoms with Crippen molar-refractivity contribution in [3.8, 4) is 17.0 Å². The van der Waals surface area contributed by atoms with Crippen LogP contribution in [0.25, 0.3) is 11.3 Å². The van der Waals surface area contributed by atoms with Crippen molar-refractivity contribution in [2.45, 2.75) is 37.2 Å². The second kappa shape index (κ2) is 6.96. The lowest BCUT2D eigenvalue weighted by molar-refractivity contribution is -0.196. The molecule has 0 saturated heterocycles. The second-order valence-corrected chi connectivity index (χ2v) is 9.71. The van der Waals surface area contributed by atoms with Crippen molar-refractivity contribution < 1.29 is 26.5 Å². The number of nitrogens with one attached hydrogen (secondary N) is 1. The van der Waals surface area contributed by atoms with E-state index in [-0.39, 0.29) is 22.2 Å². The molecule has 152 valence electrons. The van der Waals surface area contributed by atoms with Gasteiger partial charge in [-0.05, 0) is 51.1 Å². The molecule has 1 aliphatic heterocycles. The highest BCUT2D eigenvalue weighted by Gasteiger charge is 2.62. The van der Waals surface area contributed by atoms with Crippen LogP contribution in [0, 0.1) is 5.82 Å². The van der Waals surface area contributed by atoms with E-state index in [2.05, 4.69) is 9.71 Å². The van der Waals surface area contributed by atoms with Crippen LogP contribution in [0.1, 0.15) is 26.3 Å². The quantitative estimate of drug-likeness (QED) is 0.558. The van der Waals surface area contributed by atoms with Crippen LogP contribution in [-0.2, 0) is 16.5 Å². The molecule has 3 rings (SSSR count). The number of nitrogens with zero attached hydrogens (tertiary/aromatic N) is 1. The van der Waals surface area contributed by atoms with Gasteiger partial charge in [0.2, 0.25) is 0 Å². The molecule has 2 atom stereocenters. The SMILES string of the molecule is CC(C)(C)S(=O)N[C@@]1(C(F)(F)F)COc2c1cc(Cl)nc2-c1ccc(F)cc1. The second-order valence-electron chi connectivity index (χ2n) is 7.35. The third kappa shape index (κ3) is 3.62. The summed E-state index contributed by atoms with van der Waals surface area (Å²) in [7, 11) is -2.04. The summed E-state index contributed by atoms with van der Waals surface area (Å²) >= 11 is 6.00. The summed E-state index contributed by atoms with van der Waals surface area (Å²) in [5.41, 5.74) is -2.63. The highest BCUT2D eigenvalue weighted by Crippen LogP contribution is 2.51. The van der Waals surface area contributed by atoms with Crippen LogP contribution in [0.4, 0.5) is 17.6 Å². The maximum atomic E-state index is 14.2. The molecule has 1 unspecified atom stereocenters. The van der Waals surface area contributed by atoms with Crippen LogP contribution in [-0.4, -0.2) is 26.7 Å². The Kier molecular flexibility index (Phi) is 5.23. The molecule has 10 heteroatoms. The smallest absolute Gasteiger partial charge is 0.415 e. The van der Waals surface area contributed by atoms with Crippen LogP contribution in [0.15, 0.2) is 30.3 Å². The fourth-order valence-electron chi connectivity index (χ4n) is 2.71. The van der Waals surface area contributed by atoms with Crippen molar-refractivity contribution in [1.29, 1.82) is 0 Å². The summed E-state index contributed by atoms with van der Waals surface area (Å²) in [6.07, 6.45) is -4.83. The number of fused-ring (bicyclic) bond motifs is 1. The van der Waals surface area contributed by atoms with Crippen molar-refractivity contribution in [2.75, 3.05) is 6.61 Å². The maximum absolute atomic E-state index is 14.2. The molecule has 1 aromatic carbocycles. The van der Waals surface area contributed by atoms with Gasteiger partial charge in [0.25, 0.3) is 0 Å². The first-order chi connectivity index (χ1) is 12.8. The maximum Gasteiger partial charge on any atom is 0.415 e. The largest absolute Gasteiger partial charge is 0.488 e. The summed E-state index contributed by atoms with van der Waals surface area (Å²) in [6.45, 7) is 3.84. The molecular weight excluding hydrogens is 420 g/mol. The summed E-state index contributed by atoms with van der Waals surface area (Å²) in [4.78, 5) is 4.07. The molecule has 0 bridgehead atoms. The van der Waals surface area contributed by atoms with E-state index in [0.717, 1.165) is 18.2 Å². The molecule has 1 N–H and O–H groups in total. The third-order valence-corrected chi connectivity index (χ3v) is 6.10. The molecule has 0 saturated carbocycles. The summed E-state index contributed by atoms with van der Waals surface area (Å²) in [6, 6.07) is 6.10. The Morgan fingerprint density at radius 3 is 2.36 bits per heavy atom. The van der Waals surface area contributed by atoms with Gasteiger partial charge in [0.1, 0.15) is 23.3 Å². The average Bonchev–Trinajstić information content (AvgIpc) is 2.93. The Balaban J connectivity index is 2.20. The van der Waals surface area contributed by atoms with Crippen LogP contribution in [0.5, 0.6) is 5.75 Å². The van der Waals surface area contributed by atoms with Crippen molar-refractivity contribution in [3.63, 3.8) is 0 Å². The van der Waals surface area contributed by atoms with Crippen molar-refractivity contribution in [1.82, 2.24) is 9.71 Å². The number of pyridine rings is 1. The van der Waals surface area contributed by atoms with Gasteiger partial charge in [-0.2, -0.15) is 13.2 Å². The van der Waals surface area contributed by atoms with Gasteiger partial charge in [-0.15, -0.1) is 0 Å². The Morgan fingerprint density at radius 2 is 1.82 bits per heavy atom. The van der Waals surface area contributed by atoms with Gasteiger partial charge in [0.15, 0.2) is 11.3 Å². The highest BCUT2D eigenvalue weighted by molar-refractivity contribution is 7.84. The summed E-state index contributed by atoms with van der Waals surface area (Å²) in [5, 5.41) is -0.194. The molecule has 2 heterocycles. The van der Waals surface area contributed by atoms with E-state index in [0.29, 0.717) is 5.56 Å². The van der Waals surface area contributed by atoms with E-state index in [1.54, 1.807) is 20.8 Å². The number of alkyl halides is 3. The van der Waals surface area contributed by atoms with E-state index in [1.165, 1.54) is 12.1 Å². The Morgan fingerprint density at radius 1 is 1.21 bits per heavy atom. The molecule has 1 aliphatic rings. The highest BCUT2D eigenvalue weighted by atomic mass is 35.5. The van der Waals surface area contributed by atoms with E-state index in [9.17, 15) is 21.8 Å². The van der Waals surface area contributed by atoms with Crippen LogP contribution in [0.2, 0.25) is 5.15 Å². The van der Waals surface area contributed by atoms with Gasteiger partial charge in [-0.25, -0.2) is 18.3 Å². The van der Waals surface area contributed by atoms with Gasteiger partial charge in [-0.1, -0.05) is 11.6 Å². The Hall–Kier alpha value is -1.71. The van der Waals surface area contributed by atoms with Crippen molar-refractivity contribution in [3.05, 3.63) is 46.9 Å². The lowest BCUT2D eigenvalue weighted by Gasteiger charge is -2.33. The number of rotatable bonds is 3. The molecule has 0 aliphatic carbocycles. The van der Waals surface area contributed by atoms with Crippen LogP contribution in [0.3, 0.4) is 0 Å². The van der Waals surface area contributed by atoms with Crippen molar-refractivity contribution in [2.24, 2.45) is 0 Å². The average molecular weight is 437 g/mol. The fourth-order valence-corrected chi connectivity index (χ4v) is 3.82. The van der Waals surface area contributed by atoms with E-state index in [4.69, 9.17) is 16.3 Å². The Bertz CT molecular complexity index is 929. The molecule has 1 aromatic heterocycles. The molecule has 0 radical (unpaired) electrons. The summed E-state index contributed by atoms with van der Waals surface area (Å²) < 4.78 is 74.9. The third-order valence-electron chi connectivity index (χ3n) is 4.26. The summed E-state index contributed by atoms with van der Waals surface area (Å²) in [5.74, 6) is -0.637. The van der Waals surface area contributed by atoms with E-state index in [1.807, 2.05) is 0 Å². The number of halogens is 5. The molecule has 0 fully saturated rings. The first kappa shape index (κ1) is 21.0. The van der Waals surface area contributed by atoms with E-state index < -0.39 is 39.9 Å². The number of hydrogen-bond donors (Lipinski definition) is 1. The van der Waals surface area contributed by atoms with Gasteiger partial charge >= 0.3 is 6.18 Å². The first-order valence-corrected chi connectivity index (χ1v) is 9.74. The Labute approximate surface area is 166 Å². The number of benzene rings is 1. The lowest BCUT2D eigenvalue weighted by atomic mass is 9.92. The number of aromatic nitrogens is 1. The molecule has 2 aromatic rings. The van der Waals surface area contributed by atoms with Gasteiger partial charge in [0, 0.05) is 11.1 Å². The van der Waals surface area contributed by atoms with Gasteiger partial charge in [-0.3, -0.25) is 0 Å². The van der Waals surface area contributed by atoms with Crippen LogP contribution >= 0.6 is 11.6 Å². The van der Waals surface area contributed by atoms with E-state index >= 15 is 0 Å². The lowest BCUT2D eigenvalue weighted by Crippen LogP contribution is -2.58. The minimum absolute atomic E-state index is 0.0527. The van der Waals surface area contributed by atoms with Crippen LogP contribution < -0.4 is 9.46 Å². The monoisotopic (exact) mass is 436 g/mol. The fraction of sp³-hybridized carbons (Fsp3) is 0.389. The predicted molar refractivity (Wildman–Crippen MR) is 98.9 cm³/mol. The predicted octanol–water partition coefficient (Wildman–Crippen LogP) is 4.74. The van der Waals surface area contributed by atoms with Gasteiger partial charge in [0.05, 0.1) is 15.7 Å². The first-order valence-electron chi connectivity index (χ1n) is 8.21. The molecule has 28 heavy (non-hydrogen) atoms. The number of hydrogen-bond acceptors (Lipinski definition) is 3. The normalized spacial score (nSPS) is 20.6. The standard InChI is InChI=1S/C18H17ClF4N2O2S/c1-16(2,3)28(26)25-17(18(21,22)23)9-27-15-12(17)8-13(19)24-14(15)10-4-6-11(20)7-5-10/h4-8,25H,9H2,1-3H3/t17-,28?/m0/s1. The zero-order chi connectivity index (χ0) is 20.9. The zero-order valence-corrected chi connectivity index (χ0v) is 16.7. The topological polar surface area (TPSA) is 51.2 Å². The van der Waals surface area contributed by atoms with Crippen molar-refractivity contribution >= 4 is 22.6 Å². The number of ether oxygens (including phenoxy) is 1. The minimum atomic E-state index is -4.83. The molecule has 0 spiro atoms. The molecule has 4 nitrogen and oxygen atoms in total.